The first kappa shape index (κ1) is 15.0. The van der Waals surface area contributed by atoms with Crippen LogP contribution >= 0.6 is 0 Å². The van der Waals surface area contributed by atoms with Gasteiger partial charge in [-0.05, 0) is 13.8 Å². The molecule has 100 valence electrons. The molecule has 3 nitrogen and oxygen atoms in total. The second kappa shape index (κ2) is 7.41. The maximum absolute atomic E-state index is 4.36. The predicted molar refractivity (Wildman–Crippen MR) is 81.7 cm³/mol. The highest BCUT2D eigenvalue weighted by Crippen LogP contribution is 2.15. The molecule has 2 aromatic rings. The van der Waals surface area contributed by atoms with Crippen LogP contribution in [-0.4, -0.2) is 22.7 Å². The largest absolute Gasteiger partial charge is 0.293 e. The number of rotatable bonds is 2. The van der Waals surface area contributed by atoms with Crippen molar-refractivity contribution >= 4 is 5.71 Å². The standard InChI is InChI=1S/C14H15N3.C2H6/c1-10-4-6-12(7-5-10)14-16-8-13(9-17-14)11(2)15-3;1-2/h4-9H,1-3H3;1-2H3. The molecule has 0 saturated carbocycles. The summed E-state index contributed by atoms with van der Waals surface area (Å²) in [4.78, 5) is 12.8. The molecule has 0 saturated heterocycles. The molecule has 0 aliphatic rings. The molecule has 0 atom stereocenters. The van der Waals surface area contributed by atoms with Crippen LogP contribution in [0.4, 0.5) is 0 Å². The van der Waals surface area contributed by atoms with Gasteiger partial charge in [0, 0.05) is 36.3 Å². The van der Waals surface area contributed by atoms with Crippen LogP contribution in [-0.2, 0) is 0 Å². The minimum atomic E-state index is 0.748. The number of benzene rings is 1. The topological polar surface area (TPSA) is 38.1 Å². The van der Waals surface area contributed by atoms with Crippen LogP contribution in [0.15, 0.2) is 41.7 Å². The van der Waals surface area contributed by atoms with Crippen molar-refractivity contribution < 1.29 is 0 Å². The van der Waals surface area contributed by atoms with Crippen molar-refractivity contribution in [2.75, 3.05) is 7.05 Å². The molecule has 1 aromatic heterocycles. The molecule has 0 unspecified atom stereocenters. The summed E-state index contributed by atoms with van der Waals surface area (Å²) < 4.78 is 0. The molecule has 19 heavy (non-hydrogen) atoms. The van der Waals surface area contributed by atoms with Gasteiger partial charge in [0.1, 0.15) is 0 Å². The SMILES string of the molecule is CC.CN=C(C)c1cnc(-c2ccc(C)cc2)nc1. The molecule has 0 aliphatic heterocycles. The first-order chi connectivity index (χ1) is 9.20. The van der Waals surface area contributed by atoms with Gasteiger partial charge >= 0.3 is 0 Å². The Morgan fingerprint density at radius 3 is 2.00 bits per heavy atom. The summed E-state index contributed by atoms with van der Waals surface area (Å²) in [5.41, 5.74) is 4.18. The summed E-state index contributed by atoms with van der Waals surface area (Å²) in [6.45, 7) is 8.01. The minimum Gasteiger partial charge on any atom is -0.293 e. The lowest BCUT2D eigenvalue weighted by molar-refractivity contribution is 1.16. The summed E-state index contributed by atoms with van der Waals surface area (Å²) in [7, 11) is 1.77. The van der Waals surface area contributed by atoms with Gasteiger partial charge in [-0.2, -0.15) is 0 Å². The average molecular weight is 255 g/mol. The van der Waals surface area contributed by atoms with Crippen LogP contribution in [0.2, 0.25) is 0 Å². The molecule has 2 rings (SSSR count). The number of hydrogen-bond donors (Lipinski definition) is 0. The van der Waals surface area contributed by atoms with Gasteiger partial charge < -0.3 is 0 Å². The molecule has 0 bridgehead atoms. The van der Waals surface area contributed by atoms with Gasteiger partial charge in [-0.25, -0.2) is 9.97 Å². The summed E-state index contributed by atoms with van der Waals surface area (Å²) in [5, 5.41) is 0. The molecular weight excluding hydrogens is 234 g/mol. The monoisotopic (exact) mass is 255 g/mol. The smallest absolute Gasteiger partial charge is 0.159 e. The zero-order chi connectivity index (χ0) is 14.3. The maximum Gasteiger partial charge on any atom is 0.159 e. The van der Waals surface area contributed by atoms with Gasteiger partial charge in [-0.3, -0.25) is 4.99 Å². The zero-order valence-corrected chi connectivity index (χ0v) is 12.3. The van der Waals surface area contributed by atoms with Crippen LogP contribution in [0.1, 0.15) is 31.9 Å². The average Bonchev–Trinajstić information content (AvgIpc) is 2.49. The predicted octanol–water partition coefficient (Wildman–Crippen LogP) is 3.92. The van der Waals surface area contributed by atoms with E-state index in [4.69, 9.17) is 0 Å². The quantitative estimate of drug-likeness (QED) is 0.763. The van der Waals surface area contributed by atoms with E-state index in [1.165, 1.54) is 5.56 Å². The van der Waals surface area contributed by atoms with Gasteiger partial charge in [0.15, 0.2) is 5.82 Å². The third kappa shape index (κ3) is 3.98. The lowest BCUT2D eigenvalue weighted by atomic mass is 10.1. The van der Waals surface area contributed by atoms with Crippen molar-refractivity contribution in [3.8, 4) is 11.4 Å². The fourth-order valence-electron chi connectivity index (χ4n) is 1.50. The van der Waals surface area contributed by atoms with Crippen LogP contribution < -0.4 is 0 Å². The Kier molecular flexibility index (Phi) is 5.86. The lowest BCUT2D eigenvalue weighted by Gasteiger charge is -2.02. The number of nitrogens with zero attached hydrogens (tertiary/aromatic N) is 3. The molecule has 0 fully saturated rings. The number of aromatic nitrogens is 2. The first-order valence-corrected chi connectivity index (χ1v) is 6.53. The van der Waals surface area contributed by atoms with E-state index in [0.717, 1.165) is 22.7 Å². The molecular formula is C16H21N3. The van der Waals surface area contributed by atoms with Gasteiger partial charge in [0.05, 0.1) is 0 Å². The molecule has 0 spiro atoms. The Morgan fingerprint density at radius 1 is 1.00 bits per heavy atom. The Hall–Kier alpha value is -2.03. The van der Waals surface area contributed by atoms with E-state index in [0.29, 0.717) is 0 Å². The van der Waals surface area contributed by atoms with Crippen LogP contribution in [0.5, 0.6) is 0 Å². The van der Waals surface area contributed by atoms with Crippen molar-refractivity contribution in [2.45, 2.75) is 27.7 Å². The minimum absolute atomic E-state index is 0.748. The van der Waals surface area contributed by atoms with E-state index in [1.807, 2.05) is 45.3 Å². The molecule has 1 aromatic carbocycles. The van der Waals surface area contributed by atoms with Gasteiger partial charge in [0.25, 0.3) is 0 Å². The van der Waals surface area contributed by atoms with Crippen molar-refractivity contribution in [1.29, 1.82) is 0 Å². The molecule has 0 aliphatic carbocycles. The first-order valence-electron chi connectivity index (χ1n) is 6.53. The van der Waals surface area contributed by atoms with E-state index >= 15 is 0 Å². The second-order valence-corrected chi connectivity index (χ2v) is 3.97. The molecule has 0 N–H and O–H groups in total. The van der Waals surface area contributed by atoms with Crippen molar-refractivity contribution in [2.24, 2.45) is 4.99 Å². The highest BCUT2D eigenvalue weighted by atomic mass is 14.9. The molecule has 0 amide bonds. The number of aliphatic imine (C=N–C) groups is 1. The summed E-state index contributed by atoms with van der Waals surface area (Å²) in [5.74, 6) is 0.748. The third-order valence-corrected chi connectivity index (χ3v) is 2.71. The summed E-state index contributed by atoms with van der Waals surface area (Å²) in [6.07, 6.45) is 3.62. The van der Waals surface area contributed by atoms with Gasteiger partial charge in [-0.1, -0.05) is 43.7 Å². The normalized spacial score (nSPS) is 10.7. The van der Waals surface area contributed by atoms with Crippen LogP contribution in [0.25, 0.3) is 11.4 Å². The third-order valence-electron chi connectivity index (χ3n) is 2.71. The summed E-state index contributed by atoms with van der Waals surface area (Å²) in [6, 6.07) is 8.19. The van der Waals surface area contributed by atoms with Crippen molar-refractivity contribution in [3.05, 3.63) is 47.8 Å². The van der Waals surface area contributed by atoms with Crippen molar-refractivity contribution in [3.63, 3.8) is 0 Å². The van der Waals surface area contributed by atoms with Gasteiger partial charge in [-0.15, -0.1) is 0 Å². The van der Waals surface area contributed by atoms with E-state index in [1.54, 1.807) is 7.05 Å². The molecule has 0 radical (unpaired) electrons. The van der Waals surface area contributed by atoms with Crippen molar-refractivity contribution in [1.82, 2.24) is 9.97 Å². The summed E-state index contributed by atoms with van der Waals surface area (Å²) >= 11 is 0. The van der Waals surface area contributed by atoms with Crippen LogP contribution in [0, 0.1) is 6.92 Å². The van der Waals surface area contributed by atoms with E-state index < -0.39 is 0 Å². The number of hydrogen-bond acceptors (Lipinski definition) is 3. The van der Waals surface area contributed by atoms with E-state index in [9.17, 15) is 0 Å². The zero-order valence-electron chi connectivity index (χ0n) is 12.3. The highest BCUT2D eigenvalue weighted by molar-refractivity contribution is 5.98. The fourth-order valence-corrected chi connectivity index (χ4v) is 1.50. The van der Waals surface area contributed by atoms with E-state index in [-0.39, 0.29) is 0 Å². The Morgan fingerprint density at radius 2 is 1.53 bits per heavy atom. The lowest BCUT2D eigenvalue weighted by Crippen LogP contribution is -1.98. The van der Waals surface area contributed by atoms with Crippen LogP contribution in [0.3, 0.4) is 0 Å². The Labute approximate surface area is 115 Å². The molecule has 3 heteroatoms. The number of aryl methyl sites for hydroxylation is 1. The van der Waals surface area contributed by atoms with Gasteiger partial charge in [0.2, 0.25) is 0 Å². The molecule has 1 heterocycles. The highest BCUT2D eigenvalue weighted by Gasteiger charge is 2.02. The fraction of sp³-hybridized carbons (Fsp3) is 0.312. The van der Waals surface area contributed by atoms with E-state index in [2.05, 4.69) is 34.0 Å². The second-order valence-electron chi connectivity index (χ2n) is 3.97. The Balaban J connectivity index is 0.000000861. The Bertz CT molecular complexity index is 525. The maximum atomic E-state index is 4.36.